The van der Waals surface area contributed by atoms with Gasteiger partial charge in [-0.05, 0) is 24.1 Å². The summed E-state index contributed by atoms with van der Waals surface area (Å²) >= 11 is 0. The van der Waals surface area contributed by atoms with Crippen LogP contribution in [0.4, 0.5) is 0 Å². The first-order valence-electron chi connectivity index (χ1n) is 7.13. The Balaban J connectivity index is 2.05. The predicted molar refractivity (Wildman–Crippen MR) is 78.3 cm³/mol. The van der Waals surface area contributed by atoms with Crippen molar-refractivity contribution < 1.29 is 4.79 Å². The molecule has 104 valence electrons. The third kappa shape index (κ3) is 3.88. The highest BCUT2D eigenvalue weighted by Crippen LogP contribution is 2.23. The maximum atomic E-state index is 10.7. The van der Waals surface area contributed by atoms with Crippen molar-refractivity contribution in [3.8, 4) is 0 Å². The third-order valence-corrected chi connectivity index (χ3v) is 4.03. The molecule has 0 N–H and O–H groups in total. The van der Waals surface area contributed by atoms with Crippen LogP contribution in [0.25, 0.3) is 0 Å². The van der Waals surface area contributed by atoms with Crippen LogP contribution >= 0.6 is 0 Å². The summed E-state index contributed by atoms with van der Waals surface area (Å²) in [7, 11) is 2.18. The molecule has 0 saturated carbocycles. The quantitative estimate of drug-likeness (QED) is 0.758. The smallest absolute Gasteiger partial charge is 0.120 e. The zero-order chi connectivity index (χ0) is 13.7. The highest BCUT2D eigenvalue weighted by Gasteiger charge is 2.16. The van der Waals surface area contributed by atoms with Crippen LogP contribution in [0.15, 0.2) is 24.3 Å². The van der Waals surface area contributed by atoms with Crippen LogP contribution in [0, 0.1) is 0 Å². The monoisotopic (exact) mass is 260 g/mol. The topological polar surface area (TPSA) is 23.6 Å². The van der Waals surface area contributed by atoms with E-state index < -0.39 is 0 Å². The Hall–Kier alpha value is -1.19. The second-order valence-corrected chi connectivity index (χ2v) is 5.58. The second-order valence-electron chi connectivity index (χ2n) is 5.58. The lowest BCUT2D eigenvalue weighted by atomic mass is 9.93. The van der Waals surface area contributed by atoms with Crippen molar-refractivity contribution in [2.24, 2.45) is 0 Å². The van der Waals surface area contributed by atoms with Crippen LogP contribution in [0.2, 0.25) is 0 Å². The standard InChI is InChI=1S/C16H24N2O/c1-14(7-12-19)16-6-4-3-5-15(16)13-18-10-8-17(2)9-11-18/h3-6,12,14H,7-11,13H2,1-2H3. The molecule has 2 rings (SSSR count). The number of hydrogen-bond acceptors (Lipinski definition) is 3. The molecule has 1 heterocycles. The van der Waals surface area contributed by atoms with Crippen LogP contribution in [0.5, 0.6) is 0 Å². The molecular formula is C16H24N2O. The van der Waals surface area contributed by atoms with Gasteiger partial charge in [0.05, 0.1) is 0 Å². The summed E-state index contributed by atoms with van der Waals surface area (Å²) in [5.41, 5.74) is 2.70. The van der Waals surface area contributed by atoms with Gasteiger partial charge in [0, 0.05) is 39.1 Å². The molecule has 1 aliphatic heterocycles. The van der Waals surface area contributed by atoms with E-state index in [1.54, 1.807) is 0 Å². The van der Waals surface area contributed by atoms with Gasteiger partial charge in [-0.1, -0.05) is 31.2 Å². The van der Waals surface area contributed by atoms with Gasteiger partial charge in [-0.2, -0.15) is 0 Å². The molecule has 3 nitrogen and oxygen atoms in total. The van der Waals surface area contributed by atoms with Gasteiger partial charge < -0.3 is 9.69 Å². The number of hydrogen-bond donors (Lipinski definition) is 0. The largest absolute Gasteiger partial charge is 0.304 e. The zero-order valence-corrected chi connectivity index (χ0v) is 12.0. The highest BCUT2D eigenvalue weighted by molar-refractivity contribution is 5.52. The van der Waals surface area contributed by atoms with Crippen molar-refractivity contribution in [2.45, 2.75) is 25.8 Å². The van der Waals surface area contributed by atoms with Crippen molar-refractivity contribution in [1.82, 2.24) is 9.80 Å². The molecule has 1 fully saturated rings. The summed E-state index contributed by atoms with van der Waals surface area (Å²) in [6.07, 6.45) is 1.64. The first kappa shape index (κ1) is 14.2. The van der Waals surface area contributed by atoms with Crippen LogP contribution in [0.1, 0.15) is 30.4 Å². The van der Waals surface area contributed by atoms with Crippen molar-refractivity contribution >= 4 is 6.29 Å². The third-order valence-electron chi connectivity index (χ3n) is 4.03. The van der Waals surface area contributed by atoms with E-state index in [0.29, 0.717) is 12.3 Å². The molecular weight excluding hydrogens is 236 g/mol. The number of likely N-dealkylation sites (N-methyl/N-ethyl adjacent to an activating group) is 1. The molecule has 0 aromatic heterocycles. The average molecular weight is 260 g/mol. The van der Waals surface area contributed by atoms with Crippen LogP contribution in [-0.2, 0) is 11.3 Å². The van der Waals surface area contributed by atoms with Crippen molar-refractivity contribution in [2.75, 3.05) is 33.2 Å². The Morgan fingerprint density at radius 2 is 1.89 bits per heavy atom. The average Bonchev–Trinajstić information content (AvgIpc) is 2.42. The summed E-state index contributed by atoms with van der Waals surface area (Å²) < 4.78 is 0. The van der Waals surface area contributed by atoms with E-state index in [2.05, 4.69) is 48.0 Å². The van der Waals surface area contributed by atoms with E-state index in [1.165, 1.54) is 11.1 Å². The van der Waals surface area contributed by atoms with Gasteiger partial charge in [-0.3, -0.25) is 4.90 Å². The van der Waals surface area contributed by atoms with Crippen molar-refractivity contribution in [1.29, 1.82) is 0 Å². The zero-order valence-electron chi connectivity index (χ0n) is 12.0. The number of carbonyl (C=O) groups is 1. The maximum absolute atomic E-state index is 10.7. The summed E-state index contributed by atoms with van der Waals surface area (Å²) in [4.78, 5) is 15.6. The molecule has 19 heavy (non-hydrogen) atoms. The normalized spacial score (nSPS) is 19.3. The Labute approximate surface area is 116 Å². The predicted octanol–water partition coefficient (Wildman–Crippen LogP) is 2.13. The lowest BCUT2D eigenvalue weighted by Crippen LogP contribution is -2.44. The van der Waals surface area contributed by atoms with Gasteiger partial charge >= 0.3 is 0 Å². The molecule has 1 unspecified atom stereocenters. The lowest BCUT2D eigenvalue weighted by Gasteiger charge is -2.33. The van der Waals surface area contributed by atoms with Gasteiger partial charge in [-0.15, -0.1) is 0 Å². The van der Waals surface area contributed by atoms with Gasteiger partial charge in [0.1, 0.15) is 6.29 Å². The Morgan fingerprint density at radius 1 is 1.21 bits per heavy atom. The van der Waals surface area contributed by atoms with Gasteiger partial charge in [0.15, 0.2) is 0 Å². The van der Waals surface area contributed by atoms with Crippen LogP contribution in [0.3, 0.4) is 0 Å². The summed E-state index contributed by atoms with van der Waals surface area (Å²) in [5, 5.41) is 0. The number of rotatable bonds is 5. The molecule has 1 aliphatic rings. The van der Waals surface area contributed by atoms with E-state index in [0.717, 1.165) is 39.0 Å². The number of aldehydes is 1. The second kappa shape index (κ2) is 6.83. The molecule has 1 aromatic rings. The molecule has 3 heteroatoms. The van der Waals surface area contributed by atoms with Gasteiger partial charge in [0.25, 0.3) is 0 Å². The minimum atomic E-state index is 0.321. The fraction of sp³-hybridized carbons (Fsp3) is 0.562. The SMILES string of the molecule is CC(CC=O)c1ccccc1CN1CCN(C)CC1. The molecule has 1 aromatic carbocycles. The number of piperazine rings is 1. The van der Waals surface area contributed by atoms with Gasteiger partial charge in [-0.25, -0.2) is 0 Å². The van der Waals surface area contributed by atoms with E-state index in [1.807, 2.05) is 0 Å². The lowest BCUT2D eigenvalue weighted by molar-refractivity contribution is -0.108. The fourth-order valence-electron chi connectivity index (χ4n) is 2.68. The molecule has 1 atom stereocenters. The van der Waals surface area contributed by atoms with E-state index in [-0.39, 0.29) is 0 Å². The molecule has 0 spiro atoms. The number of nitrogens with zero attached hydrogens (tertiary/aromatic N) is 2. The first-order chi connectivity index (χ1) is 9.20. The van der Waals surface area contributed by atoms with Gasteiger partial charge in [0.2, 0.25) is 0 Å². The maximum Gasteiger partial charge on any atom is 0.120 e. The van der Waals surface area contributed by atoms with E-state index in [4.69, 9.17) is 0 Å². The fourth-order valence-corrected chi connectivity index (χ4v) is 2.68. The Morgan fingerprint density at radius 3 is 2.58 bits per heavy atom. The van der Waals surface area contributed by atoms with Crippen molar-refractivity contribution in [3.05, 3.63) is 35.4 Å². The summed E-state index contributed by atoms with van der Waals surface area (Å²) in [6.45, 7) is 7.70. The van der Waals surface area contributed by atoms with Crippen LogP contribution in [-0.4, -0.2) is 49.3 Å². The van der Waals surface area contributed by atoms with E-state index >= 15 is 0 Å². The number of benzene rings is 1. The summed E-state index contributed by atoms with van der Waals surface area (Å²) in [6, 6.07) is 8.54. The Bertz CT molecular complexity index is 411. The van der Waals surface area contributed by atoms with E-state index in [9.17, 15) is 4.79 Å². The number of carbonyl (C=O) groups excluding carboxylic acids is 1. The molecule has 0 amide bonds. The van der Waals surface area contributed by atoms with Crippen molar-refractivity contribution in [3.63, 3.8) is 0 Å². The molecule has 1 saturated heterocycles. The van der Waals surface area contributed by atoms with Crippen LogP contribution < -0.4 is 0 Å². The molecule has 0 radical (unpaired) electrons. The minimum absolute atomic E-state index is 0.321. The summed E-state index contributed by atoms with van der Waals surface area (Å²) in [5.74, 6) is 0.321. The molecule has 0 aliphatic carbocycles. The first-order valence-corrected chi connectivity index (χ1v) is 7.13. The Kier molecular flexibility index (Phi) is 5.11. The highest BCUT2D eigenvalue weighted by atomic mass is 16.1. The molecule has 0 bridgehead atoms. The minimum Gasteiger partial charge on any atom is -0.304 e.